The first-order chi connectivity index (χ1) is 13.6. The fourth-order valence-corrected chi connectivity index (χ4v) is 3.04. The van der Waals surface area contributed by atoms with Crippen LogP contribution in [0.15, 0.2) is 72.8 Å². The predicted octanol–water partition coefficient (Wildman–Crippen LogP) is 5.46. The summed E-state index contributed by atoms with van der Waals surface area (Å²) in [7, 11) is 1.59. The van der Waals surface area contributed by atoms with E-state index in [9.17, 15) is 9.90 Å². The summed E-state index contributed by atoms with van der Waals surface area (Å²) in [6.45, 7) is 2.12. The molecule has 0 spiro atoms. The first-order valence-corrected chi connectivity index (χ1v) is 9.31. The van der Waals surface area contributed by atoms with Gasteiger partial charge in [-0.1, -0.05) is 43.3 Å². The van der Waals surface area contributed by atoms with Crippen molar-refractivity contribution in [2.24, 2.45) is 0 Å². The summed E-state index contributed by atoms with van der Waals surface area (Å²) in [5.41, 5.74) is 2.96. The number of ether oxygens (including phenoxy) is 2. The van der Waals surface area contributed by atoms with Crippen LogP contribution in [0.3, 0.4) is 0 Å². The Bertz CT molecular complexity index is 897. The highest BCUT2D eigenvalue weighted by atomic mass is 16.5. The quantitative estimate of drug-likeness (QED) is 0.567. The minimum Gasteiger partial charge on any atom is -0.497 e. The van der Waals surface area contributed by atoms with E-state index in [1.54, 1.807) is 31.4 Å². The Labute approximate surface area is 165 Å². The van der Waals surface area contributed by atoms with E-state index in [0.717, 1.165) is 29.0 Å². The number of methoxy groups -OCH3 is 1. The van der Waals surface area contributed by atoms with E-state index >= 15 is 0 Å². The van der Waals surface area contributed by atoms with Crippen molar-refractivity contribution in [3.63, 3.8) is 0 Å². The van der Waals surface area contributed by atoms with Crippen molar-refractivity contribution < 1.29 is 19.4 Å². The lowest BCUT2D eigenvalue weighted by atomic mass is 9.92. The highest BCUT2D eigenvalue weighted by Crippen LogP contribution is 2.26. The van der Waals surface area contributed by atoms with Crippen LogP contribution in [0, 0.1) is 0 Å². The third-order valence-electron chi connectivity index (χ3n) is 4.75. The van der Waals surface area contributed by atoms with E-state index in [1.807, 2.05) is 36.4 Å². The average molecular weight is 376 g/mol. The zero-order valence-electron chi connectivity index (χ0n) is 16.1. The molecule has 4 nitrogen and oxygen atoms in total. The summed E-state index contributed by atoms with van der Waals surface area (Å²) < 4.78 is 11.0. The van der Waals surface area contributed by atoms with Gasteiger partial charge >= 0.3 is 5.97 Å². The molecule has 0 fully saturated rings. The lowest BCUT2D eigenvalue weighted by Gasteiger charge is -2.14. The zero-order chi connectivity index (χ0) is 19.9. The van der Waals surface area contributed by atoms with Crippen molar-refractivity contribution in [2.45, 2.75) is 25.7 Å². The standard InChI is InChI=1S/C24H24O4/c1-3-17-4-10-21(11-5-17)28-22-12-6-18(7-13-22)16-23(24(25)26)19-8-14-20(27-2)15-9-19/h4-15,23H,3,16H2,1-2H3,(H,25,26). The van der Waals surface area contributed by atoms with Gasteiger partial charge in [-0.25, -0.2) is 0 Å². The predicted molar refractivity (Wildman–Crippen MR) is 109 cm³/mol. The van der Waals surface area contributed by atoms with E-state index in [4.69, 9.17) is 9.47 Å². The molecule has 0 saturated heterocycles. The van der Waals surface area contributed by atoms with Crippen LogP contribution in [-0.2, 0) is 17.6 Å². The van der Waals surface area contributed by atoms with Crippen molar-refractivity contribution in [3.8, 4) is 17.2 Å². The first kappa shape index (κ1) is 19.5. The number of rotatable bonds is 8. The van der Waals surface area contributed by atoms with Crippen LogP contribution in [0.2, 0.25) is 0 Å². The van der Waals surface area contributed by atoms with Gasteiger partial charge in [-0.2, -0.15) is 0 Å². The second-order valence-electron chi connectivity index (χ2n) is 6.61. The molecule has 1 unspecified atom stereocenters. The van der Waals surface area contributed by atoms with Crippen LogP contribution in [-0.4, -0.2) is 18.2 Å². The zero-order valence-corrected chi connectivity index (χ0v) is 16.1. The summed E-state index contributed by atoms with van der Waals surface area (Å²) in [5, 5.41) is 9.65. The Morgan fingerprint density at radius 1 is 0.821 bits per heavy atom. The largest absolute Gasteiger partial charge is 0.497 e. The number of benzene rings is 3. The Balaban J connectivity index is 1.69. The van der Waals surface area contributed by atoms with Crippen molar-refractivity contribution in [3.05, 3.63) is 89.5 Å². The summed E-state index contributed by atoms with van der Waals surface area (Å²) in [4.78, 5) is 11.8. The van der Waals surface area contributed by atoms with Gasteiger partial charge in [0.1, 0.15) is 17.2 Å². The third kappa shape index (κ3) is 4.92. The number of aliphatic carboxylic acids is 1. The molecule has 0 aliphatic carbocycles. The van der Waals surface area contributed by atoms with Gasteiger partial charge in [0.15, 0.2) is 0 Å². The van der Waals surface area contributed by atoms with Crippen LogP contribution in [0.1, 0.15) is 29.5 Å². The van der Waals surface area contributed by atoms with Crippen LogP contribution in [0.4, 0.5) is 0 Å². The van der Waals surface area contributed by atoms with E-state index in [2.05, 4.69) is 19.1 Å². The Kier molecular flexibility index (Phi) is 6.33. The lowest BCUT2D eigenvalue weighted by Crippen LogP contribution is -2.14. The van der Waals surface area contributed by atoms with Crippen LogP contribution < -0.4 is 9.47 Å². The highest BCUT2D eigenvalue weighted by molar-refractivity contribution is 5.76. The van der Waals surface area contributed by atoms with Gasteiger partial charge in [0.2, 0.25) is 0 Å². The second kappa shape index (κ2) is 9.09. The minimum absolute atomic E-state index is 0.410. The number of hydrogen-bond acceptors (Lipinski definition) is 3. The maximum atomic E-state index is 11.8. The molecule has 1 atom stereocenters. The molecule has 0 heterocycles. The summed E-state index contributed by atoms with van der Waals surface area (Å²) >= 11 is 0. The van der Waals surface area contributed by atoms with Crippen LogP contribution in [0.5, 0.6) is 17.2 Å². The molecule has 3 aromatic rings. The fraction of sp³-hybridized carbons (Fsp3) is 0.208. The molecule has 0 aliphatic heterocycles. The molecule has 0 aliphatic rings. The molecule has 1 N–H and O–H groups in total. The molecule has 3 aromatic carbocycles. The van der Waals surface area contributed by atoms with E-state index < -0.39 is 11.9 Å². The molecular weight excluding hydrogens is 352 g/mol. The van der Waals surface area contributed by atoms with Gasteiger partial charge in [-0.3, -0.25) is 4.79 Å². The van der Waals surface area contributed by atoms with Crippen molar-refractivity contribution in [1.82, 2.24) is 0 Å². The molecule has 0 radical (unpaired) electrons. The van der Waals surface area contributed by atoms with E-state index in [1.165, 1.54) is 5.56 Å². The maximum absolute atomic E-state index is 11.8. The maximum Gasteiger partial charge on any atom is 0.311 e. The molecule has 28 heavy (non-hydrogen) atoms. The Morgan fingerprint density at radius 3 is 1.79 bits per heavy atom. The molecule has 0 aromatic heterocycles. The number of carbonyl (C=O) groups is 1. The molecule has 0 saturated carbocycles. The highest BCUT2D eigenvalue weighted by Gasteiger charge is 2.20. The normalized spacial score (nSPS) is 11.6. The Morgan fingerprint density at radius 2 is 1.32 bits per heavy atom. The van der Waals surface area contributed by atoms with Gasteiger partial charge in [0, 0.05) is 0 Å². The first-order valence-electron chi connectivity index (χ1n) is 9.31. The molecular formula is C24H24O4. The third-order valence-corrected chi connectivity index (χ3v) is 4.75. The van der Waals surface area contributed by atoms with Crippen LogP contribution in [0.25, 0.3) is 0 Å². The van der Waals surface area contributed by atoms with Gasteiger partial charge in [-0.05, 0) is 65.9 Å². The van der Waals surface area contributed by atoms with Crippen molar-refractivity contribution >= 4 is 5.97 Å². The molecule has 0 amide bonds. The minimum atomic E-state index is -0.846. The van der Waals surface area contributed by atoms with Gasteiger partial charge in [0.25, 0.3) is 0 Å². The summed E-state index contributed by atoms with van der Waals surface area (Å²) in [6.07, 6.45) is 1.40. The molecule has 144 valence electrons. The summed E-state index contributed by atoms with van der Waals surface area (Å²) in [5.74, 6) is 0.762. The average Bonchev–Trinajstić information content (AvgIpc) is 2.73. The van der Waals surface area contributed by atoms with Crippen molar-refractivity contribution in [1.29, 1.82) is 0 Å². The SMILES string of the molecule is CCc1ccc(Oc2ccc(CC(C(=O)O)c3ccc(OC)cc3)cc2)cc1. The molecule has 0 bridgehead atoms. The van der Waals surface area contributed by atoms with Crippen LogP contribution >= 0.6 is 0 Å². The van der Waals surface area contributed by atoms with Crippen molar-refractivity contribution in [2.75, 3.05) is 7.11 Å². The fourth-order valence-electron chi connectivity index (χ4n) is 3.04. The smallest absolute Gasteiger partial charge is 0.311 e. The number of aryl methyl sites for hydroxylation is 1. The second-order valence-corrected chi connectivity index (χ2v) is 6.61. The lowest BCUT2D eigenvalue weighted by molar-refractivity contribution is -0.138. The summed E-state index contributed by atoms with van der Waals surface area (Å²) in [6, 6.07) is 22.7. The number of carboxylic acids is 1. The number of carboxylic acid groups (broad SMARTS) is 1. The molecule has 4 heteroatoms. The van der Waals surface area contributed by atoms with Gasteiger partial charge < -0.3 is 14.6 Å². The monoisotopic (exact) mass is 376 g/mol. The Hall–Kier alpha value is -3.27. The van der Waals surface area contributed by atoms with Gasteiger partial charge in [0.05, 0.1) is 13.0 Å². The van der Waals surface area contributed by atoms with E-state index in [0.29, 0.717) is 12.2 Å². The van der Waals surface area contributed by atoms with E-state index in [-0.39, 0.29) is 0 Å². The topological polar surface area (TPSA) is 55.8 Å². The van der Waals surface area contributed by atoms with Gasteiger partial charge in [-0.15, -0.1) is 0 Å². The molecule has 3 rings (SSSR count). The number of hydrogen-bond donors (Lipinski definition) is 1.